The predicted octanol–water partition coefficient (Wildman–Crippen LogP) is 2.61. The molecular formula is C14H15N3O2. The van der Waals surface area contributed by atoms with Crippen LogP contribution in [0.1, 0.15) is 24.5 Å². The van der Waals surface area contributed by atoms with Crippen LogP contribution in [0.4, 0.5) is 5.69 Å². The number of pyridine rings is 1. The Labute approximate surface area is 110 Å². The number of aromatic nitrogens is 1. The SMILES string of the molecule is O=[N+]([O-])c1ccc2ccc(C3CCNCC3)nc2c1. The summed E-state index contributed by atoms with van der Waals surface area (Å²) in [6, 6.07) is 8.88. The average molecular weight is 257 g/mol. The maximum Gasteiger partial charge on any atom is 0.271 e. The van der Waals surface area contributed by atoms with E-state index in [1.165, 1.54) is 6.07 Å². The van der Waals surface area contributed by atoms with Gasteiger partial charge in [-0.05, 0) is 38.1 Å². The van der Waals surface area contributed by atoms with Gasteiger partial charge in [-0.3, -0.25) is 15.1 Å². The van der Waals surface area contributed by atoms with Crippen molar-refractivity contribution in [3.8, 4) is 0 Å². The summed E-state index contributed by atoms with van der Waals surface area (Å²) < 4.78 is 0. The zero-order valence-corrected chi connectivity index (χ0v) is 10.5. The van der Waals surface area contributed by atoms with Crippen molar-refractivity contribution >= 4 is 16.6 Å². The quantitative estimate of drug-likeness (QED) is 0.663. The Balaban J connectivity index is 2.00. The highest BCUT2D eigenvalue weighted by Crippen LogP contribution is 2.26. The molecule has 3 rings (SSSR count). The third kappa shape index (κ3) is 2.42. The van der Waals surface area contributed by atoms with Crippen LogP contribution in [0.15, 0.2) is 30.3 Å². The van der Waals surface area contributed by atoms with Gasteiger partial charge in [-0.1, -0.05) is 6.07 Å². The monoisotopic (exact) mass is 257 g/mol. The highest BCUT2D eigenvalue weighted by molar-refractivity contribution is 5.81. The number of rotatable bonds is 2. The Morgan fingerprint density at radius 3 is 2.68 bits per heavy atom. The fourth-order valence-electron chi connectivity index (χ4n) is 2.58. The molecule has 1 N–H and O–H groups in total. The normalized spacial score (nSPS) is 16.6. The van der Waals surface area contributed by atoms with Gasteiger partial charge in [0.2, 0.25) is 0 Å². The number of non-ortho nitro benzene ring substituents is 1. The van der Waals surface area contributed by atoms with Gasteiger partial charge in [-0.2, -0.15) is 0 Å². The number of nitro groups is 1. The standard InChI is InChI=1S/C14H15N3O2/c18-17(19)12-3-1-10-2-4-13(16-14(10)9-12)11-5-7-15-8-6-11/h1-4,9,11,15H,5-8H2. The Kier molecular flexibility index (Phi) is 3.13. The van der Waals surface area contributed by atoms with E-state index in [2.05, 4.69) is 10.3 Å². The van der Waals surface area contributed by atoms with Gasteiger partial charge in [0, 0.05) is 29.1 Å². The third-order valence-electron chi connectivity index (χ3n) is 3.67. The topological polar surface area (TPSA) is 68.1 Å². The number of benzene rings is 1. The first-order valence-corrected chi connectivity index (χ1v) is 6.50. The van der Waals surface area contributed by atoms with Crippen molar-refractivity contribution < 1.29 is 4.92 Å². The first-order chi connectivity index (χ1) is 9.24. The molecule has 19 heavy (non-hydrogen) atoms. The lowest BCUT2D eigenvalue weighted by molar-refractivity contribution is -0.384. The summed E-state index contributed by atoms with van der Waals surface area (Å²) in [5.74, 6) is 0.463. The number of fused-ring (bicyclic) bond motifs is 1. The van der Waals surface area contributed by atoms with Crippen molar-refractivity contribution in [1.29, 1.82) is 0 Å². The van der Waals surface area contributed by atoms with E-state index in [0.717, 1.165) is 37.0 Å². The van der Waals surface area contributed by atoms with E-state index in [1.807, 2.05) is 12.1 Å². The molecule has 0 unspecified atom stereocenters. The van der Waals surface area contributed by atoms with E-state index in [0.29, 0.717) is 11.4 Å². The van der Waals surface area contributed by atoms with Crippen LogP contribution in [0, 0.1) is 10.1 Å². The van der Waals surface area contributed by atoms with Gasteiger partial charge in [0.1, 0.15) is 0 Å². The van der Waals surface area contributed by atoms with Crippen molar-refractivity contribution in [2.75, 3.05) is 13.1 Å². The second kappa shape index (κ2) is 4.93. The van der Waals surface area contributed by atoms with E-state index in [4.69, 9.17) is 0 Å². The maximum absolute atomic E-state index is 10.8. The molecule has 1 aliphatic rings. The van der Waals surface area contributed by atoms with Crippen LogP contribution >= 0.6 is 0 Å². The molecule has 5 heteroatoms. The molecule has 1 aromatic carbocycles. The minimum absolute atomic E-state index is 0.0995. The third-order valence-corrected chi connectivity index (χ3v) is 3.67. The van der Waals surface area contributed by atoms with Crippen LogP contribution in [0.3, 0.4) is 0 Å². The summed E-state index contributed by atoms with van der Waals surface area (Å²) >= 11 is 0. The van der Waals surface area contributed by atoms with Crippen LogP contribution < -0.4 is 5.32 Å². The molecule has 1 aliphatic heterocycles. The Hall–Kier alpha value is -2.01. The molecule has 0 radical (unpaired) electrons. The number of hydrogen-bond donors (Lipinski definition) is 1. The van der Waals surface area contributed by atoms with E-state index < -0.39 is 0 Å². The van der Waals surface area contributed by atoms with Crippen molar-refractivity contribution in [3.63, 3.8) is 0 Å². The predicted molar refractivity (Wildman–Crippen MR) is 73.2 cm³/mol. The van der Waals surface area contributed by atoms with Crippen molar-refractivity contribution in [3.05, 3.63) is 46.1 Å². The maximum atomic E-state index is 10.8. The number of hydrogen-bond acceptors (Lipinski definition) is 4. The van der Waals surface area contributed by atoms with E-state index >= 15 is 0 Å². The Morgan fingerprint density at radius 2 is 1.95 bits per heavy atom. The molecule has 1 aromatic heterocycles. The molecular weight excluding hydrogens is 242 g/mol. The highest BCUT2D eigenvalue weighted by Gasteiger charge is 2.17. The van der Waals surface area contributed by atoms with Crippen LogP contribution in [-0.4, -0.2) is 23.0 Å². The summed E-state index contributed by atoms with van der Waals surface area (Å²) in [7, 11) is 0. The molecule has 0 bridgehead atoms. The number of nitrogens with one attached hydrogen (secondary N) is 1. The summed E-state index contributed by atoms with van der Waals surface area (Å²) in [6.07, 6.45) is 2.15. The lowest BCUT2D eigenvalue weighted by Crippen LogP contribution is -2.27. The molecule has 1 fully saturated rings. The van der Waals surface area contributed by atoms with Crippen LogP contribution in [-0.2, 0) is 0 Å². The van der Waals surface area contributed by atoms with Crippen molar-refractivity contribution in [1.82, 2.24) is 10.3 Å². The lowest BCUT2D eigenvalue weighted by atomic mass is 9.94. The Morgan fingerprint density at radius 1 is 1.21 bits per heavy atom. The van der Waals surface area contributed by atoms with E-state index in [1.54, 1.807) is 12.1 Å². The van der Waals surface area contributed by atoms with Gasteiger partial charge in [-0.15, -0.1) is 0 Å². The summed E-state index contributed by atoms with van der Waals surface area (Å²) in [4.78, 5) is 15.0. The first-order valence-electron chi connectivity index (χ1n) is 6.50. The summed E-state index contributed by atoms with van der Waals surface area (Å²) in [6.45, 7) is 2.03. The fraction of sp³-hybridized carbons (Fsp3) is 0.357. The fourth-order valence-corrected chi connectivity index (χ4v) is 2.58. The molecule has 2 aromatic rings. The Bertz CT molecular complexity index is 621. The average Bonchev–Trinajstić information content (AvgIpc) is 2.47. The molecule has 0 amide bonds. The number of piperidine rings is 1. The molecule has 2 heterocycles. The molecule has 5 nitrogen and oxygen atoms in total. The summed E-state index contributed by atoms with van der Waals surface area (Å²) in [5, 5.41) is 15.1. The van der Waals surface area contributed by atoms with Crippen molar-refractivity contribution in [2.45, 2.75) is 18.8 Å². The van der Waals surface area contributed by atoms with Crippen LogP contribution in [0.2, 0.25) is 0 Å². The summed E-state index contributed by atoms with van der Waals surface area (Å²) in [5.41, 5.74) is 1.86. The van der Waals surface area contributed by atoms with Crippen molar-refractivity contribution in [2.24, 2.45) is 0 Å². The lowest BCUT2D eigenvalue weighted by Gasteiger charge is -2.22. The van der Waals surface area contributed by atoms with E-state index in [-0.39, 0.29) is 10.6 Å². The second-order valence-electron chi connectivity index (χ2n) is 4.89. The zero-order valence-electron chi connectivity index (χ0n) is 10.5. The molecule has 0 spiro atoms. The van der Waals surface area contributed by atoms with Gasteiger partial charge >= 0.3 is 0 Å². The second-order valence-corrected chi connectivity index (χ2v) is 4.89. The molecule has 0 atom stereocenters. The van der Waals surface area contributed by atoms with E-state index in [9.17, 15) is 10.1 Å². The first kappa shape index (κ1) is 12.0. The van der Waals surface area contributed by atoms with Gasteiger partial charge in [0.15, 0.2) is 0 Å². The molecule has 98 valence electrons. The van der Waals surface area contributed by atoms with Gasteiger partial charge < -0.3 is 5.32 Å². The van der Waals surface area contributed by atoms with Gasteiger partial charge in [0.25, 0.3) is 5.69 Å². The smallest absolute Gasteiger partial charge is 0.271 e. The van der Waals surface area contributed by atoms with Gasteiger partial charge in [-0.25, -0.2) is 0 Å². The number of nitrogens with zero attached hydrogens (tertiary/aromatic N) is 2. The highest BCUT2D eigenvalue weighted by atomic mass is 16.6. The number of nitro benzene ring substituents is 1. The zero-order chi connectivity index (χ0) is 13.2. The van der Waals surface area contributed by atoms with Crippen LogP contribution in [0.5, 0.6) is 0 Å². The van der Waals surface area contributed by atoms with Crippen LogP contribution in [0.25, 0.3) is 10.9 Å². The minimum atomic E-state index is -0.377. The largest absolute Gasteiger partial charge is 0.317 e. The molecule has 1 saturated heterocycles. The molecule has 0 saturated carbocycles. The van der Waals surface area contributed by atoms with Gasteiger partial charge in [0.05, 0.1) is 10.4 Å². The molecule has 0 aliphatic carbocycles. The minimum Gasteiger partial charge on any atom is -0.317 e.